The van der Waals surface area contributed by atoms with Crippen LogP contribution in [0.3, 0.4) is 0 Å². The Labute approximate surface area is 121 Å². The van der Waals surface area contributed by atoms with E-state index in [0.717, 1.165) is 24.0 Å². The average molecular weight is 316 g/mol. The van der Waals surface area contributed by atoms with Crippen LogP contribution in [-0.2, 0) is 6.18 Å². The standard InChI is InChI=1S/C12H5ClF3N3S/c13-10-7(5-17)3-4-18-11(10)20-9-2-1-8(6-19-9)12(14,15)16/h1-4,6H. The SMILES string of the molecule is N#Cc1ccnc(Sc2ccc(C(F)(F)F)cn2)c1Cl. The van der Waals surface area contributed by atoms with E-state index in [9.17, 15) is 13.2 Å². The van der Waals surface area contributed by atoms with Gasteiger partial charge in [0.15, 0.2) is 0 Å². The zero-order valence-corrected chi connectivity index (χ0v) is 11.2. The van der Waals surface area contributed by atoms with E-state index in [-0.39, 0.29) is 10.6 Å². The molecule has 0 radical (unpaired) electrons. The third-order valence-electron chi connectivity index (χ3n) is 2.24. The Hall–Kier alpha value is -1.78. The summed E-state index contributed by atoms with van der Waals surface area (Å²) in [4.78, 5) is 7.67. The molecule has 2 aromatic rings. The summed E-state index contributed by atoms with van der Waals surface area (Å²) in [6.07, 6.45) is -2.28. The Kier molecular flexibility index (Phi) is 4.16. The smallest absolute Gasteiger partial charge is 0.249 e. The molecule has 2 rings (SSSR count). The molecule has 0 spiro atoms. The number of hydrogen-bond donors (Lipinski definition) is 0. The van der Waals surface area contributed by atoms with Crippen molar-refractivity contribution in [3.05, 3.63) is 46.7 Å². The van der Waals surface area contributed by atoms with Crippen molar-refractivity contribution in [3.63, 3.8) is 0 Å². The first kappa shape index (κ1) is 14.6. The monoisotopic (exact) mass is 315 g/mol. The fraction of sp³-hybridized carbons (Fsp3) is 0.0833. The number of rotatable bonds is 2. The second-order valence-corrected chi connectivity index (χ2v) is 4.96. The molecule has 0 saturated carbocycles. The molecule has 0 bridgehead atoms. The van der Waals surface area contributed by atoms with Crippen molar-refractivity contribution in [2.75, 3.05) is 0 Å². The zero-order chi connectivity index (χ0) is 14.8. The van der Waals surface area contributed by atoms with Crippen LogP contribution in [0, 0.1) is 11.3 Å². The molecule has 102 valence electrons. The first-order valence-corrected chi connectivity index (χ1v) is 6.37. The van der Waals surface area contributed by atoms with Crippen molar-refractivity contribution in [2.24, 2.45) is 0 Å². The highest BCUT2D eigenvalue weighted by Crippen LogP contribution is 2.34. The van der Waals surface area contributed by atoms with Crippen LogP contribution in [0.15, 0.2) is 40.6 Å². The predicted octanol–water partition coefficient (Wildman–Crippen LogP) is 4.17. The molecular formula is C12H5ClF3N3S. The van der Waals surface area contributed by atoms with Gasteiger partial charge in [0.05, 0.1) is 16.1 Å². The van der Waals surface area contributed by atoms with Crippen molar-refractivity contribution in [1.29, 1.82) is 5.26 Å². The Morgan fingerprint density at radius 2 is 1.95 bits per heavy atom. The van der Waals surface area contributed by atoms with Gasteiger partial charge in [-0.25, -0.2) is 9.97 Å². The number of pyridine rings is 2. The molecule has 0 fully saturated rings. The van der Waals surface area contributed by atoms with E-state index < -0.39 is 11.7 Å². The van der Waals surface area contributed by atoms with Gasteiger partial charge < -0.3 is 0 Å². The van der Waals surface area contributed by atoms with Gasteiger partial charge in [-0.2, -0.15) is 18.4 Å². The van der Waals surface area contributed by atoms with Crippen LogP contribution in [0.25, 0.3) is 0 Å². The number of nitrogens with zero attached hydrogens (tertiary/aromatic N) is 3. The molecule has 0 atom stereocenters. The zero-order valence-electron chi connectivity index (χ0n) is 9.65. The summed E-state index contributed by atoms with van der Waals surface area (Å²) < 4.78 is 37.2. The first-order chi connectivity index (χ1) is 9.41. The summed E-state index contributed by atoms with van der Waals surface area (Å²) >= 11 is 6.94. The fourth-order valence-electron chi connectivity index (χ4n) is 1.29. The van der Waals surface area contributed by atoms with E-state index in [1.165, 1.54) is 18.3 Å². The minimum absolute atomic E-state index is 0.154. The van der Waals surface area contributed by atoms with Crippen molar-refractivity contribution in [1.82, 2.24) is 9.97 Å². The van der Waals surface area contributed by atoms with Crippen molar-refractivity contribution >= 4 is 23.4 Å². The number of halogens is 4. The van der Waals surface area contributed by atoms with Crippen LogP contribution >= 0.6 is 23.4 Å². The largest absolute Gasteiger partial charge is 0.417 e. The Balaban J connectivity index is 2.26. The molecule has 0 amide bonds. The van der Waals surface area contributed by atoms with Gasteiger partial charge in [-0.15, -0.1) is 0 Å². The number of nitriles is 1. The first-order valence-electron chi connectivity index (χ1n) is 5.17. The highest BCUT2D eigenvalue weighted by molar-refractivity contribution is 7.99. The normalized spacial score (nSPS) is 11.2. The lowest BCUT2D eigenvalue weighted by Gasteiger charge is -2.07. The summed E-state index contributed by atoms with van der Waals surface area (Å²) in [6.45, 7) is 0. The molecule has 0 aliphatic heterocycles. The Morgan fingerprint density at radius 3 is 2.50 bits per heavy atom. The van der Waals surface area contributed by atoms with E-state index in [0.29, 0.717) is 10.1 Å². The van der Waals surface area contributed by atoms with Crippen molar-refractivity contribution in [2.45, 2.75) is 16.2 Å². The minimum atomic E-state index is -4.42. The van der Waals surface area contributed by atoms with Crippen LogP contribution < -0.4 is 0 Å². The minimum Gasteiger partial charge on any atom is -0.249 e. The second kappa shape index (κ2) is 5.69. The van der Waals surface area contributed by atoms with E-state index in [1.54, 1.807) is 0 Å². The van der Waals surface area contributed by atoms with Crippen molar-refractivity contribution in [3.8, 4) is 6.07 Å². The summed E-state index contributed by atoms with van der Waals surface area (Å²) in [5, 5.41) is 9.60. The van der Waals surface area contributed by atoms with Crippen LogP contribution in [0.4, 0.5) is 13.2 Å². The number of alkyl halides is 3. The molecule has 3 nitrogen and oxygen atoms in total. The van der Waals surface area contributed by atoms with E-state index in [4.69, 9.17) is 16.9 Å². The maximum absolute atomic E-state index is 12.4. The quantitative estimate of drug-likeness (QED) is 0.834. The van der Waals surface area contributed by atoms with Gasteiger partial charge in [0.25, 0.3) is 0 Å². The van der Waals surface area contributed by atoms with Gasteiger partial charge in [0.2, 0.25) is 0 Å². The molecule has 0 N–H and O–H groups in total. The van der Waals surface area contributed by atoms with Gasteiger partial charge in [0, 0.05) is 12.4 Å². The highest BCUT2D eigenvalue weighted by atomic mass is 35.5. The lowest BCUT2D eigenvalue weighted by molar-refractivity contribution is -0.137. The van der Waals surface area contributed by atoms with Gasteiger partial charge in [-0.3, -0.25) is 0 Å². The highest BCUT2D eigenvalue weighted by Gasteiger charge is 2.30. The lowest BCUT2D eigenvalue weighted by Crippen LogP contribution is -2.05. The molecule has 8 heteroatoms. The summed E-state index contributed by atoms with van der Waals surface area (Å²) in [5.74, 6) is 0. The van der Waals surface area contributed by atoms with Gasteiger partial charge in [0.1, 0.15) is 16.1 Å². The predicted molar refractivity (Wildman–Crippen MR) is 67.3 cm³/mol. The van der Waals surface area contributed by atoms with Crippen LogP contribution in [0.5, 0.6) is 0 Å². The van der Waals surface area contributed by atoms with Crippen LogP contribution in [0.2, 0.25) is 5.02 Å². The topological polar surface area (TPSA) is 49.6 Å². The third-order valence-corrected chi connectivity index (χ3v) is 3.69. The second-order valence-electron chi connectivity index (χ2n) is 3.57. The maximum Gasteiger partial charge on any atom is 0.417 e. The fourth-order valence-corrected chi connectivity index (χ4v) is 2.31. The molecule has 0 aliphatic rings. The third kappa shape index (κ3) is 3.21. The molecule has 0 aromatic carbocycles. The molecule has 20 heavy (non-hydrogen) atoms. The van der Waals surface area contributed by atoms with E-state index in [2.05, 4.69) is 9.97 Å². The Bertz CT molecular complexity index is 665. The Morgan fingerprint density at radius 1 is 1.20 bits per heavy atom. The molecule has 0 saturated heterocycles. The van der Waals surface area contributed by atoms with Crippen LogP contribution in [0.1, 0.15) is 11.1 Å². The summed E-state index contributed by atoms with van der Waals surface area (Å²) in [6, 6.07) is 5.50. The van der Waals surface area contributed by atoms with Gasteiger partial charge in [-0.05, 0) is 30.0 Å². The van der Waals surface area contributed by atoms with Gasteiger partial charge >= 0.3 is 6.18 Å². The van der Waals surface area contributed by atoms with E-state index in [1.807, 2.05) is 6.07 Å². The molecule has 0 unspecified atom stereocenters. The molecule has 0 aliphatic carbocycles. The molecular weight excluding hydrogens is 311 g/mol. The number of aromatic nitrogens is 2. The average Bonchev–Trinajstić information content (AvgIpc) is 2.41. The summed E-state index contributed by atoms with van der Waals surface area (Å²) in [7, 11) is 0. The van der Waals surface area contributed by atoms with Gasteiger partial charge in [-0.1, -0.05) is 11.6 Å². The molecule has 2 heterocycles. The number of hydrogen-bond acceptors (Lipinski definition) is 4. The summed E-state index contributed by atoms with van der Waals surface area (Å²) in [5.41, 5.74) is -0.581. The van der Waals surface area contributed by atoms with Crippen LogP contribution in [-0.4, -0.2) is 9.97 Å². The lowest BCUT2D eigenvalue weighted by atomic mass is 10.3. The van der Waals surface area contributed by atoms with E-state index >= 15 is 0 Å². The van der Waals surface area contributed by atoms with Crippen molar-refractivity contribution < 1.29 is 13.2 Å². The maximum atomic E-state index is 12.4. The molecule has 2 aromatic heterocycles.